The lowest BCUT2D eigenvalue weighted by atomic mass is 10.2. The number of terminal acetylenes is 1. The summed E-state index contributed by atoms with van der Waals surface area (Å²) < 4.78 is 27.1. The maximum atomic E-state index is 14.0. The van der Waals surface area contributed by atoms with Crippen LogP contribution in [0.25, 0.3) is 10.2 Å². The Bertz CT molecular complexity index is 1120. The molecular formula is C19H14ClFN2O3S. The highest BCUT2D eigenvalue weighted by Crippen LogP contribution is 2.33. The topological polar surface area (TPSA) is 52.8 Å². The molecule has 0 N–H and O–H groups in total. The molecule has 2 aromatic carbocycles. The van der Waals surface area contributed by atoms with Gasteiger partial charge in [0.05, 0.1) is 41.6 Å². The van der Waals surface area contributed by atoms with E-state index in [1.54, 1.807) is 16.7 Å². The number of hydrogen-bond donors (Lipinski definition) is 0. The first-order chi connectivity index (χ1) is 13.0. The maximum absolute atomic E-state index is 14.0. The molecule has 1 heterocycles. The van der Waals surface area contributed by atoms with Gasteiger partial charge in [0.15, 0.2) is 16.3 Å². The minimum absolute atomic E-state index is 0.00306. The van der Waals surface area contributed by atoms with Crippen molar-refractivity contribution >= 4 is 39.1 Å². The third-order valence-electron chi connectivity index (χ3n) is 3.81. The van der Waals surface area contributed by atoms with Crippen molar-refractivity contribution in [1.29, 1.82) is 0 Å². The predicted octanol–water partition coefficient (Wildman–Crippen LogP) is 3.89. The maximum Gasteiger partial charge on any atom is 0.284 e. The van der Waals surface area contributed by atoms with E-state index in [0.29, 0.717) is 16.3 Å². The Hall–Kier alpha value is -2.82. The average Bonchev–Trinajstić information content (AvgIpc) is 2.97. The molecule has 1 amide bonds. The van der Waals surface area contributed by atoms with Crippen LogP contribution < -0.4 is 14.3 Å². The SMILES string of the molecule is C#CCn1c(=NC(=O)c2c(F)cccc2Cl)sc2cc(OC)c(OC)cc21. The molecule has 0 saturated heterocycles. The predicted molar refractivity (Wildman–Crippen MR) is 103 cm³/mol. The zero-order valence-corrected chi connectivity index (χ0v) is 16.0. The molecule has 138 valence electrons. The Morgan fingerprint density at radius 1 is 1.33 bits per heavy atom. The van der Waals surface area contributed by atoms with Crippen molar-refractivity contribution < 1.29 is 18.7 Å². The van der Waals surface area contributed by atoms with Crippen LogP contribution >= 0.6 is 22.9 Å². The summed E-state index contributed by atoms with van der Waals surface area (Å²) in [7, 11) is 3.05. The van der Waals surface area contributed by atoms with Crippen molar-refractivity contribution in [2.24, 2.45) is 4.99 Å². The molecule has 0 fully saturated rings. The lowest BCUT2D eigenvalue weighted by molar-refractivity contribution is 0.0994. The number of rotatable bonds is 4. The van der Waals surface area contributed by atoms with E-state index in [2.05, 4.69) is 10.9 Å². The van der Waals surface area contributed by atoms with Gasteiger partial charge < -0.3 is 14.0 Å². The third kappa shape index (κ3) is 3.54. The monoisotopic (exact) mass is 404 g/mol. The molecule has 0 radical (unpaired) electrons. The number of hydrogen-bond acceptors (Lipinski definition) is 4. The van der Waals surface area contributed by atoms with E-state index in [-0.39, 0.29) is 17.1 Å². The summed E-state index contributed by atoms with van der Waals surface area (Å²) in [6.07, 6.45) is 5.47. The molecule has 8 heteroatoms. The van der Waals surface area contributed by atoms with E-state index in [1.165, 1.54) is 37.7 Å². The number of thiazole rings is 1. The van der Waals surface area contributed by atoms with Crippen LogP contribution in [0.3, 0.4) is 0 Å². The van der Waals surface area contributed by atoms with Crippen molar-refractivity contribution in [3.05, 3.63) is 51.5 Å². The Labute approximate surface area is 163 Å². The van der Waals surface area contributed by atoms with E-state index >= 15 is 0 Å². The normalized spacial score (nSPS) is 11.4. The fraction of sp³-hybridized carbons (Fsp3) is 0.158. The van der Waals surface area contributed by atoms with Gasteiger partial charge in [-0.25, -0.2) is 4.39 Å². The van der Waals surface area contributed by atoms with Crippen molar-refractivity contribution in [3.8, 4) is 23.8 Å². The molecular weight excluding hydrogens is 391 g/mol. The minimum atomic E-state index is -0.783. The first-order valence-corrected chi connectivity index (χ1v) is 8.91. The number of halogens is 2. The van der Waals surface area contributed by atoms with Crippen LogP contribution in [0.15, 0.2) is 35.3 Å². The second-order valence-corrected chi connectivity index (χ2v) is 6.78. The summed E-state index contributed by atoms with van der Waals surface area (Å²) >= 11 is 7.19. The summed E-state index contributed by atoms with van der Waals surface area (Å²) in [4.78, 5) is 16.9. The highest BCUT2D eigenvalue weighted by Gasteiger charge is 2.17. The molecule has 3 aromatic rings. The van der Waals surface area contributed by atoms with Crippen molar-refractivity contribution in [2.45, 2.75) is 6.54 Å². The van der Waals surface area contributed by atoms with E-state index < -0.39 is 11.7 Å². The van der Waals surface area contributed by atoms with Gasteiger partial charge in [0, 0.05) is 12.1 Å². The Balaban J connectivity index is 2.24. The average molecular weight is 405 g/mol. The smallest absolute Gasteiger partial charge is 0.284 e. The van der Waals surface area contributed by atoms with Crippen LogP contribution in [0.5, 0.6) is 11.5 Å². The van der Waals surface area contributed by atoms with Gasteiger partial charge in [-0.1, -0.05) is 34.9 Å². The summed E-state index contributed by atoms with van der Waals surface area (Å²) in [5.41, 5.74) is 0.445. The number of nitrogens with zero attached hydrogens (tertiary/aromatic N) is 2. The van der Waals surface area contributed by atoms with Crippen LogP contribution in [0.1, 0.15) is 10.4 Å². The van der Waals surface area contributed by atoms with Crippen LogP contribution in [0, 0.1) is 18.2 Å². The fourth-order valence-electron chi connectivity index (χ4n) is 2.57. The van der Waals surface area contributed by atoms with Gasteiger partial charge in [0.1, 0.15) is 5.82 Å². The van der Waals surface area contributed by atoms with Gasteiger partial charge in [-0.05, 0) is 12.1 Å². The second kappa shape index (κ2) is 7.82. The van der Waals surface area contributed by atoms with E-state index in [1.807, 2.05) is 0 Å². The molecule has 3 rings (SSSR count). The quantitative estimate of drug-likeness (QED) is 0.620. The fourth-order valence-corrected chi connectivity index (χ4v) is 3.85. The standard InChI is InChI=1S/C19H14ClFN2O3S/c1-4-8-23-13-9-14(25-2)15(26-3)10-16(13)27-19(23)22-18(24)17-11(20)6-5-7-12(17)21/h1,5-7,9-10H,8H2,2-3H3. The zero-order valence-electron chi connectivity index (χ0n) is 14.5. The summed E-state index contributed by atoms with van der Waals surface area (Å²) in [5.74, 6) is 2.07. The van der Waals surface area contributed by atoms with Gasteiger partial charge in [0.2, 0.25) is 0 Å². The number of ether oxygens (including phenoxy) is 2. The highest BCUT2D eigenvalue weighted by atomic mass is 35.5. The molecule has 0 unspecified atom stereocenters. The van der Waals surface area contributed by atoms with Crippen LogP contribution in [0.4, 0.5) is 4.39 Å². The molecule has 0 spiro atoms. The van der Waals surface area contributed by atoms with Crippen LogP contribution in [-0.2, 0) is 6.54 Å². The third-order valence-corrected chi connectivity index (χ3v) is 5.17. The van der Waals surface area contributed by atoms with Crippen LogP contribution in [-0.4, -0.2) is 24.7 Å². The number of amides is 1. The first-order valence-electron chi connectivity index (χ1n) is 7.72. The zero-order chi connectivity index (χ0) is 19.6. The lowest BCUT2D eigenvalue weighted by Crippen LogP contribution is -2.17. The number of aromatic nitrogens is 1. The number of fused-ring (bicyclic) bond motifs is 1. The molecule has 0 aliphatic rings. The van der Waals surface area contributed by atoms with Crippen molar-refractivity contribution in [2.75, 3.05) is 14.2 Å². The summed E-state index contributed by atoms with van der Waals surface area (Å²) in [5, 5.41) is -0.00306. The minimum Gasteiger partial charge on any atom is -0.493 e. The first kappa shape index (κ1) is 19.0. The molecule has 0 aliphatic heterocycles. The van der Waals surface area contributed by atoms with Crippen molar-refractivity contribution in [3.63, 3.8) is 0 Å². The van der Waals surface area contributed by atoms with Gasteiger partial charge in [0.25, 0.3) is 5.91 Å². The van der Waals surface area contributed by atoms with E-state index in [9.17, 15) is 9.18 Å². The molecule has 0 aliphatic carbocycles. The molecule has 5 nitrogen and oxygen atoms in total. The molecule has 0 bridgehead atoms. The number of benzene rings is 2. The lowest BCUT2D eigenvalue weighted by Gasteiger charge is -2.08. The number of carbonyl (C=O) groups is 1. The summed E-state index contributed by atoms with van der Waals surface area (Å²) in [6, 6.07) is 7.53. The van der Waals surface area contributed by atoms with E-state index in [0.717, 1.165) is 16.3 Å². The Morgan fingerprint density at radius 3 is 2.67 bits per heavy atom. The van der Waals surface area contributed by atoms with Gasteiger partial charge in [-0.2, -0.15) is 4.99 Å². The van der Waals surface area contributed by atoms with Crippen LogP contribution in [0.2, 0.25) is 5.02 Å². The molecule has 27 heavy (non-hydrogen) atoms. The Kier molecular flexibility index (Phi) is 5.49. The highest BCUT2D eigenvalue weighted by molar-refractivity contribution is 7.16. The molecule has 1 aromatic heterocycles. The molecule has 0 saturated carbocycles. The van der Waals surface area contributed by atoms with Gasteiger partial charge in [-0.15, -0.1) is 6.42 Å². The van der Waals surface area contributed by atoms with Crippen molar-refractivity contribution in [1.82, 2.24) is 4.57 Å². The molecule has 0 atom stereocenters. The van der Waals surface area contributed by atoms with Gasteiger partial charge >= 0.3 is 0 Å². The number of methoxy groups -OCH3 is 2. The second-order valence-electron chi connectivity index (χ2n) is 5.36. The summed E-state index contributed by atoms with van der Waals surface area (Å²) in [6.45, 7) is 0.173. The number of carbonyl (C=O) groups excluding carboxylic acids is 1. The van der Waals surface area contributed by atoms with Gasteiger partial charge in [-0.3, -0.25) is 4.79 Å². The van der Waals surface area contributed by atoms with E-state index in [4.69, 9.17) is 27.5 Å². The Morgan fingerprint density at radius 2 is 2.04 bits per heavy atom. The largest absolute Gasteiger partial charge is 0.493 e.